The number of rotatable bonds is 4. The van der Waals surface area contributed by atoms with E-state index in [1.807, 2.05) is 24.3 Å². The molecule has 0 saturated carbocycles. The van der Waals surface area contributed by atoms with Crippen LogP contribution >= 0.6 is 11.6 Å². The fourth-order valence-electron chi connectivity index (χ4n) is 4.13. The molecule has 1 atom stereocenters. The summed E-state index contributed by atoms with van der Waals surface area (Å²) in [4.78, 5) is 33.3. The summed E-state index contributed by atoms with van der Waals surface area (Å²) in [5.41, 5.74) is 3.48. The third kappa shape index (κ3) is 3.55. The number of nitrogens with one attached hydrogen (secondary N) is 2. The molecule has 31 heavy (non-hydrogen) atoms. The summed E-state index contributed by atoms with van der Waals surface area (Å²) in [7, 11) is 0. The van der Waals surface area contributed by atoms with Crippen LogP contribution in [0.15, 0.2) is 42.5 Å². The lowest BCUT2D eigenvalue weighted by Crippen LogP contribution is -2.17. The summed E-state index contributed by atoms with van der Waals surface area (Å²) in [6.07, 6.45) is 1.15. The van der Waals surface area contributed by atoms with Gasteiger partial charge in [0.05, 0.1) is 40.0 Å². The van der Waals surface area contributed by atoms with E-state index < -0.39 is 5.82 Å². The predicted molar refractivity (Wildman–Crippen MR) is 113 cm³/mol. The molecule has 2 aromatic carbocycles. The molecular weight excluding hydrogens is 419 g/mol. The van der Waals surface area contributed by atoms with Gasteiger partial charge in [0, 0.05) is 13.0 Å². The maximum absolute atomic E-state index is 14.5. The Bertz CT molecular complexity index is 1190. The number of carbonyl (C=O) groups is 2. The number of fused-ring (bicyclic) bond motifs is 1. The Morgan fingerprint density at radius 1 is 1.03 bits per heavy atom. The smallest absolute Gasteiger partial charge is 0.255 e. The first-order chi connectivity index (χ1) is 15.0. The van der Waals surface area contributed by atoms with Gasteiger partial charge in [0.2, 0.25) is 5.91 Å². The number of aromatic nitrogens is 2. The average Bonchev–Trinajstić information content (AvgIpc) is 3.34. The molecule has 2 amide bonds. The third-order valence-electron chi connectivity index (χ3n) is 5.69. The van der Waals surface area contributed by atoms with Gasteiger partial charge in [0.1, 0.15) is 5.82 Å². The molecule has 2 aliphatic heterocycles. The van der Waals surface area contributed by atoms with Gasteiger partial charge < -0.3 is 10.6 Å². The van der Waals surface area contributed by atoms with E-state index in [1.54, 1.807) is 6.07 Å². The molecule has 0 radical (unpaired) electrons. The minimum absolute atomic E-state index is 0.0458. The second-order valence-electron chi connectivity index (χ2n) is 7.65. The van der Waals surface area contributed by atoms with E-state index in [0.717, 1.165) is 17.5 Å². The van der Waals surface area contributed by atoms with Crippen molar-refractivity contribution >= 4 is 23.4 Å². The molecule has 2 aliphatic rings. The summed E-state index contributed by atoms with van der Waals surface area (Å²) in [5.74, 6) is -0.680. The normalized spacial score (nSPS) is 17.4. The maximum Gasteiger partial charge on any atom is 0.255 e. The highest BCUT2D eigenvalue weighted by atomic mass is 35.5. The van der Waals surface area contributed by atoms with Crippen molar-refractivity contribution in [2.45, 2.75) is 25.3 Å². The molecule has 8 heteroatoms. The molecule has 6 nitrogen and oxygen atoms in total. The summed E-state index contributed by atoms with van der Waals surface area (Å²) >= 11 is 6.21. The van der Waals surface area contributed by atoms with Crippen molar-refractivity contribution in [3.05, 3.63) is 81.4 Å². The van der Waals surface area contributed by atoms with Crippen LogP contribution in [0.3, 0.4) is 0 Å². The summed E-state index contributed by atoms with van der Waals surface area (Å²) in [5, 5.41) is 5.81. The fraction of sp³-hybridized carbons (Fsp3) is 0.217. The van der Waals surface area contributed by atoms with E-state index in [0.29, 0.717) is 29.9 Å². The Kier molecular flexibility index (Phi) is 4.90. The zero-order valence-electron chi connectivity index (χ0n) is 16.4. The van der Waals surface area contributed by atoms with Gasteiger partial charge in [-0.1, -0.05) is 41.9 Å². The quantitative estimate of drug-likeness (QED) is 0.656. The summed E-state index contributed by atoms with van der Waals surface area (Å²) in [6.45, 7) is 0.952. The maximum atomic E-state index is 14.5. The predicted octanol–water partition coefficient (Wildman–Crippen LogP) is 3.37. The van der Waals surface area contributed by atoms with Crippen LogP contribution in [-0.4, -0.2) is 28.3 Å². The number of benzene rings is 2. The van der Waals surface area contributed by atoms with Crippen molar-refractivity contribution in [3.8, 4) is 11.4 Å². The largest absolute Gasteiger partial charge is 0.356 e. The molecule has 3 aromatic rings. The molecular formula is C23H18ClFN4O2. The monoisotopic (exact) mass is 436 g/mol. The molecule has 1 aromatic heterocycles. The molecule has 1 saturated heterocycles. The van der Waals surface area contributed by atoms with Crippen molar-refractivity contribution in [1.82, 2.24) is 20.6 Å². The zero-order valence-corrected chi connectivity index (χ0v) is 17.2. The second kappa shape index (κ2) is 7.74. The molecule has 2 N–H and O–H groups in total. The molecule has 156 valence electrons. The SMILES string of the molecule is O=C1NCc2nc(-c3c(F)cccc3Cl)nc(Cc3ccc(C4CCNC4=O)cc3)c21. The molecule has 1 unspecified atom stereocenters. The topological polar surface area (TPSA) is 84.0 Å². The number of hydrogen-bond donors (Lipinski definition) is 2. The van der Waals surface area contributed by atoms with Gasteiger partial charge in [-0.05, 0) is 29.7 Å². The fourth-order valence-corrected chi connectivity index (χ4v) is 4.37. The van der Waals surface area contributed by atoms with Gasteiger partial charge in [-0.3, -0.25) is 9.59 Å². The van der Waals surface area contributed by atoms with E-state index in [9.17, 15) is 14.0 Å². The summed E-state index contributed by atoms with van der Waals surface area (Å²) in [6, 6.07) is 12.1. The number of nitrogens with zero attached hydrogens (tertiary/aromatic N) is 2. The Morgan fingerprint density at radius 2 is 1.84 bits per heavy atom. The molecule has 1 fully saturated rings. The first kappa shape index (κ1) is 19.6. The van der Waals surface area contributed by atoms with Gasteiger partial charge in [-0.25, -0.2) is 14.4 Å². The van der Waals surface area contributed by atoms with Gasteiger partial charge in [0.15, 0.2) is 5.82 Å². The van der Waals surface area contributed by atoms with Crippen LogP contribution in [0, 0.1) is 5.82 Å². The van der Waals surface area contributed by atoms with Crippen LogP contribution in [-0.2, 0) is 17.8 Å². The average molecular weight is 437 g/mol. The van der Waals surface area contributed by atoms with Gasteiger partial charge in [-0.2, -0.15) is 0 Å². The zero-order chi connectivity index (χ0) is 21.5. The number of halogens is 2. The van der Waals surface area contributed by atoms with Crippen LogP contribution in [0.4, 0.5) is 4.39 Å². The van der Waals surface area contributed by atoms with E-state index in [-0.39, 0.29) is 40.7 Å². The van der Waals surface area contributed by atoms with Crippen LogP contribution in [0.2, 0.25) is 5.02 Å². The van der Waals surface area contributed by atoms with E-state index in [4.69, 9.17) is 11.6 Å². The van der Waals surface area contributed by atoms with E-state index in [2.05, 4.69) is 20.6 Å². The highest BCUT2D eigenvalue weighted by Crippen LogP contribution is 2.31. The van der Waals surface area contributed by atoms with E-state index in [1.165, 1.54) is 12.1 Å². The lowest BCUT2D eigenvalue weighted by Gasteiger charge is -2.12. The Balaban J connectivity index is 1.52. The second-order valence-corrected chi connectivity index (χ2v) is 8.05. The van der Waals surface area contributed by atoms with Gasteiger partial charge >= 0.3 is 0 Å². The van der Waals surface area contributed by atoms with Crippen molar-refractivity contribution in [3.63, 3.8) is 0 Å². The number of amides is 2. The Labute approximate surface area is 182 Å². The van der Waals surface area contributed by atoms with Crippen LogP contribution < -0.4 is 10.6 Å². The minimum Gasteiger partial charge on any atom is -0.356 e. The van der Waals surface area contributed by atoms with Crippen molar-refractivity contribution < 1.29 is 14.0 Å². The van der Waals surface area contributed by atoms with Crippen molar-refractivity contribution in [1.29, 1.82) is 0 Å². The molecule has 0 bridgehead atoms. The third-order valence-corrected chi connectivity index (χ3v) is 6.01. The Morgan fingerprint density at radius 3 is 2.55 bits per heavy atom. The minimum atomic E-state index is -0.519. The molecule has 3 heterocycles. The first-order valence-electron chi connectivity index (χ1n) is 10.00. The van der Waals surface area contributed by atoms with Crippen LogP contribution in [0.25, 0.3) is 11.4 Å². The molecule has 5 rings (SSSR count). The standard InChI is InChI=1S/C23H18ClFN4O2/c24-15-2-1-3-16(25)19(15)21-28-17(20-18(29-21)11-27-23(20)31)10-12-4-6-13(7-5-12)14-8-9-26-22(14)30/h1-7,14H,8-11H2,(H,26,30)(H,27,31). The molecule has 0 aliphatic carbocycles. The first-order valence-corrected chi connectivity index (χ1v) is 10.4. The molecule has 0 spiro atoms. The lowest BCUT2D eigenvalue weighted by atomic mass is 9.95. The van der Waals surface area contributed by atoms with Crippen LogP contribution in [0.1, 0.15) is 45.2 Å². The van der Waals surface area contributed by atoms with Crippen molar-refractivity contribution in [2.75, 3.05) is 6.54 Å². The summed E-state index contributed by atoms with van der Waals surface area (Å²) < 4.78 is 14.5. The lowest BCUT2D eigenvalue weighted by molar-refractivity contribution is -0.120. The van der Waals surface area contributed by atoms with Crippen molar-refractivity contribution in [2.24, 2.45) is 0 Å². The highest BCUT2D eigenvalue weighted by Gasteiger charge is 2.28. The van der Waals surface area contributed by atoms with Gasteiger partial charge in [-0.15, -0.1) is 0 Å². The van der Waals surface area contributed by atoms with E-state index >= 15 is 0 Å². The van der Waals surface area contributed by atoms with Crippen LogP contribution in [0.5, 0.6) is 0 Å². The Hall–Kier alpha value is -3.32. The highest BCUT2D eigenvalue weighted by molar-refractivity contribution is 6.33. The number of carbonyl (C=O) groups excluding carboxylic acids is 2. The number of hydrogen-bond acceptors (Lipinski definition) is 4. The van der Waals surface area contributed by atoms with Gasteiger partial charge in [0.25, 0.3) is 5.91 Å².